The van der Waals surface area contributed by atoms with Crippen LogP contribution in [0.4, 0.5) is 4.39 Å². The minimum atomic E-state index is -0.987. The van der Waals surface area contributed by atoms with Gasteiger partial charge in [0.15, 0.2) is 4.32 Å². The first-order chi connectivity index (χ1) is 14.4. The summed E-state index contributed by atoms with van der Waals surface area (Å²) in [5.41, 5.74) is 2.65. The van der Waals surface area contributed by atoms with E-state index >= 15 is 0 Å². The number of rotatable bonds is 7. The number of hydrogen-bond donors (Lipinski definition) is 2. The first kappa shape index (κ1) is 21.5. The van der Waals surface area contributed by atoms with Crippen molar-refractivity contribution in [1.29, 1.82) is 0 Å². The highest BCUT2D eigenvalue weighted by Crippen LogP contribution is 2.33. The van der Waals surface area contributed by atoms with Gasteiger partial charge >= 0.3 is 5.97 Å². The van der Waals surface area contributed by atoms with Crippen molar-refractivity contribution in [3.8, 4) is 5.75 Å². The number of para-hydroxylation sites is 1. The van der Waals surface area contributed by atoms with Gasteiger partial charge in [-0.3, -0.25) is 19.8 Å². The minimum Gasteiger partial charge on any atom is -0.492 e. The van der Waals surface area contributed by atoms with Crippen LogP contribution in [0.15, 0.2) is 53.4 Å². The van der Waals surface area contributed by atoms with Gasteiger partial charge in [0.1, 0.15) is 11.6 Å². The Hall–Kier alpha value is -3.24. The van der Waals surface area contributed by atoms with Gasteiger partial charge in [0.25, 0.3) is 11.8 Å². The molecule has 0 saturated carbocycles. The SMILES string of the molecule is O=C(O)CCOc1ccccc1/C=C1/SC(=S)N(NC(=O)c2ccccc2F)C1=O. The molecule has 1 aliphatic rings. The van der Waals surface area contributed by atoms with Gasteiger partial charge in [-0.15, -0.1) is 0 Å². The van der Waals surface area contributed by atoms with Crippen LogP contribution in [0, 0.1) is 5.82 Å². The number of nitrogens with zero attached hydrogens (tertiary/aromatic N) is 1. The molecule has 0 spiro atoms. The predicted molar refractivity (Wildman–Crippen MR) is 113 cm³/mol. The molecule has 1 saturated heterocycles. The second-order valence-electron chi connectivity index (χ2n) is 5.97. The fourth-order valence-electron chi connectivity index (χ4n) is 2.49. The van der Waals surface area contributed by atoms with Crippen molar-refractivity contribution in [2.75, 3.05) is 6.61 Å². The molecular formula is C20H15FN2O5S2. The summed E-state index contributed by atoms with van der Waals surface area (Å²) in [5, 5.41) is 9.62. The second kappa shape index (κ2) is 9.51. The maximum atomic E-state index is 13.8. The molecule has 10 heteroatoms. The summed E-state index contributed by atoms with van der Waals surface area (Å²) >= 11 is 6.13. The van der Waals surface area contributed by atoms with Crippen LogP contribution in [0.3, 0.4) is 0 Å². The average Bonchev–Trinajstić information content (AvgIpc) is 2.96. The zero-order valence-corrected chi connectivity index (χ0v) is 17.0. The van der Waals surface area contributed by atoms with E-state index in [0.717, 1.165) is 22.8 Å². The van der Waals surface area contributed by atoms with E-state index in [1.165, 1.54) is 24.3 Å². The van der Waals surface area contributed by atoms with Gasteiger partial charge < -0.3 is 9.84 Å². The van der Waals surface area contributed by atoms with Crippen molar-refractivity contribution < 1.29 is 28.6 Å². The summed E-state index contributed by atoms with van der Waals surface area (Å²) in [6, 6.07) is 12.2. The molecular weight excluding hydrogens is 431 g/mol. The third kappa shape index (κ3) is 5.02. The van der Waals surface area contributed by atoms with Crippen LogP contribution in [-0.2, 0) is 9.59 Å². The maximum Gasteiger partial charge on any atom is 0.306 e. The van der Waals surface area contributed by atoms with Crippen LogP contribution in [-0.4, -0.2) is 38.8 Å². The quantitative estimate of drug-likeness (QED) is 0.498. The molecule has 0 bridgehead atoms. The summed E-state index contributed by atoms with van der Waals surface area (Å²) in [7, 11) is 0. The first-order valence-electron chi connectivity index (χ1n) is 8.64. The zero-order valence-electron chi connectivity index (χ0n) is 15.3. The standard InChI is InChI=1S/C20H15FN2O5S2/c21-14-7-3-2-6-13(14)18(26)22-23-19(27)16(30-20(23)29)11-12-5-1-4-8-15(12)28-10-9-17(24)25/h1-8,11H,9-10H2,(H,22,26)(H,24,25)/b16-11+. The van der Waals surface area contributed by atoms with Gasteiger partial charge in [0.2, 0.25) is 0 Å². The number of amides is 2. The fourth-order valence-corrected chi connectivity index (χ4v) is 3.66. The van der Waals surface area contributed by atoms with Crippen molar-refractivity contribution in [3.63, 3.8) is 0 Å². The molecule has 0 unspecified atom stereocenters. The van der Waals surface area contributed by atoms with Crippen LogP contribution in [0.2, 0.25) is 0 Å². The molecule has 7 nitrogen and oxygen atoms in total. The summed E-state index contributed by atoms with van der Waals surface area (Å²) in [5.74, 6) is -2.68. The highest BCUT2D eigenvalue weighted by atomic mass is 32.2. The van der Waals surface area contributed by atoms with Gasteiger partial charge in [0, 0.05) is 5.56 Å². The lowest BCUT2D eigenvalue weighted by atomic mass is 10.2. The first-order valence-corrected chi connectivity index (χ1v) is 9.86. The van der Waals surface area contributed by atoms with E-state index in [9.17, 15) is 18.8 Å². The molecule has 0 aliphatic carbocycles. The van der Waals surface area contributed by atoms with Crippen molar-refractivity contribution in [2.24, 2.45) is 0 Å². The van der Waals surface area contributed by atoms with Gasteiger partial charge in [-0.25, -0.2) is 4.39 Å². The van der Waals surface area contributed by atoms with E-state index in [1.807, 2.05) is 0 Å². The van der Waals surface area contributed by atoms with Crippen LogP contribution in [0.5, 0.6) is 5.75 Å². The number of carbonyl (C=O) groups is 3. The molecule has 1 aliphatic heterocycles. The van der Waals surface area contributed by atoms with Crippen LogP contribution >= 0.6 is 24.0 Å². The summed E-state index contributed by atoms with van der Waals surface area (Å²) in [6.07, 6.45) is 1.36. The second-order valence-corrected chi connectivity index (χ2v) is 7.64. The average molecular weight is 446 g/mol. The fraction of sp³-hybridized carbons (Fsp3) is 0.100. The third-order valence-corrected chi connectivity index (χ3v) is 5.21. The number of benzene rings is 2. The molecule has 0 radical (unpaired) electrons. The van der Waals surface area contributed by atoms with E-state index in [1.54, 1.807) is 24.3 Å². The predicted octanol–water partition coefficient (Wildman–Crippen LogP) is 3.23. The van der Waals surface area contributed by atoms with Gasteiger partial charge in [0.05, 0.1) is 23.5 Å². The normalized spacial score (nSPS) is 14.8. The van der Waals surface area contributed by atoms with Crippen molar-refractivity contribution in [3.05, 3.63) is 70.4 Å². The molecule has 1 fully saturated rings. The number of halogens is 1. The molecule has 2 aromatic rings. The van der Waals surface area contributed by atoms with Gasteiger partial charge in [-0.1, -0.05) is 42.1 Å². The highest BCUT2D eigenvalue weighted by molar-refractivity contribution is 8.26. The Morgan fingerprint density at radius 3 is 2.63 bits per heavy atom. The number of nitrogens with one attached hydrogen (secondary N) is 1. The van der Waals surface area contributed by atoms with E-state index in [0.29, 0.717) is 11.3 Å². The van der Waals surface area contributed by atoms with Crippen LogP contribution in [0.25, 0.3) is 6.08 Å². The molecule has 1 heterocycles. The van der Waals surface area contributed by atoms with E-state index in [2.05, 4.69) is 5.43 Å². The zero-order chi connectivity index (χ0) is 21.7. The van der Waals surface area contributed by atoms with Crippen molar-refractivity contribution in [1.82, 2.24) is 10.4 Å². The van der Waals surface area contributed by atoms with Gasteiger partial charge in [-0.05, 0) is 36.5 Å². The lowest BCUT2D eigenvalue weighted by Gasteiger charge is -2.15. The molecule has 2 N–H and O–H groups in total. The topological polar surface area (TPSA) is 95.9 Å². The number of hydrogen-bond acceptors (Lipinski definition) is 6. The Labute approximate surface area is 180 Å². The van der Waals surface area contributed by atoms with Crippen molar-refractivity contribution >= 4 is 52.2 Å². The number of carboxylic acids is 1. The lowest BCUT2D eigenvalue weighted by molar-refractivity contribution is -0.137. The lowest BCUT2D eigenvalue weighted by Crippen LogP contribution is -2.45. The Kier molecular flexibility index (Phi) is 6.80. The molecule has 0 atom stereocenters. The highest BCUT2D eigenvalue weighted by Gasteiger charge is 2.34. The molecule has 3 rings (SSSR count). The number of carboxylic acid groups (broad SMARTS) is 1. The number of hydrazine groups is 1. The van der Waals surface area contributed by atoms with Crippen molar-refractivity contribution in [2.45, 2.75) is 6.42 Å². The van der Waals surface area contributed by atoms with E-state index in [4.69, 9.17) is 22.1 Å². The molecule has 2 amide bonds. The maximum absolute atomic E-state index is 13.8. The Morgan fingerprint density at radius 1 is 1.20 bits per heavy atom. The minimum absolute atomic E-state index is 0.0279. The molecule has 2 aromatic carbocycles. The number of aliphatic carboxylic acids is 1. The monoisotopic (exact) mass is 446 g/mol. The summed E-state index contributed by atoms with van der Waals surface area (Å²) < 4.78 is 19.4. The Bertz CT molecular complexity index is 1060. The third-order valence-electron chi connectivity index (χ3n) is 3.90. The van der Waals surface area contributed by atoms with Crippen LogP contribution < -0.4 is 10.2 Å². The number of carbonyl (C=O) groups excluding carboxylic acids is 2. The van der Waals surface area contributed by atoms with E-state index in [-0.39, 0.29) is 27.8 Å². The molecule has 154 valence electrons. The molecule has 0 aromatic heterocycles. The smallest absolute Gasteiger partial charge is 0.306 e. The summed E-state index contributed by atoms with van der Waals surface area (Å²) in [6.45, 7) is -0.0279. The summed E-state index contributed by atoms with van der Waals surface area (Å²) in [4.78, 5) is 35.9. The largest absolute Gasteiger partial charge is 0.492 e. The number of ether oxygens (including phenoxy) is 1. The Morgan fingerprint density at radius 2 is 1.90 bits per heavy atom. The molecule has 30 heavy (non-hydrogen) atoms. The Balaban J connectivity index is 1.76. The van der Waals surface area contributed by atoms with Gasteiger partial charge in [-0.2, -0.15) is 5.01 Å². The van der Waals surface area contributed by atoms with Crippen LogP contribution in [0.1, 0.15) is 22.3 Å². The number of thioether (sulfide) groups is 1. The van der Waals surface area contributed by atoms with E-state index < -0.39 is 23.6 Å². The number of thiocarbonyl (C=S) groups is 1.